The summed E-state index contributed by atoms with van der Waals surface area (Å²) in [5.74, 6) is 0.0303. The van der Waals surface area contributed by atoms with Gasteiger partial charge in [-0.15, -0.1) is 0 Å². The SMILES string of the molecule is O=C(c1cccc(N2CCCC2=O)c1)N1CC(O)C1. The van der Waals surface area contributed by atoms with Gasteiger partial charge in [-0.25, -0.2) is 0 Å². The molecule has 5 heteroatoms. The number of aliphatic hydroxyl groups is 1. The molecule has 0 spiro atoms. The lowest BCUT2D eigenvalue weighted by atomic mass is 10.1. The fraction of sp³-hybridized carbons (Fsp3) is 0.429. The first-order valence-electron chi connectivity index (χ1n) is 6.53. The largest absolute Gasteiger partial charge is 0.389 e. The third-order valence-electron chi connectivity index (χ3n) is 3.63. The maximum Gasteiger partial charge on any atom is 0.254 e. The first-order chi connectivity index (χ1) is 9.15. The zero-order chi connectivity index (χ0) is 13.4. The Hall–Kier alpha value is -1.88. The molecular weight excluding hydrogens is 244 g/mol. The zero-order valence-corrected chi connectivity index (χ0v) is 10.6. The van der Waals surface area contributed by atoms with Crippen LogP contribution in [0.5, 0.6) is 0 Å². The van der Waals surface area contributed by atoms with Crippen LogP contribution >= 0.6 is 0 Å². The molecule has 3 rings (SSSR count). The summed E-state index contributed by atoms with van der Waals surface area (Å²) < 4.78 is 0. The van der Waals surface area contributed by atoms with Crippen molar-refractivity contribution in [3.05, 3.63) is 29.8 Å². The van der Waals surface area contributed by atoms with Crippen LogP contribution in [0.4, 0.5) is 5.69 Å². The molecule has 1 aromatic rings. The molecule has 100 valence electrons. The average Bonchev–Trinajstić information content (AvgIpc) is 2.81. The third kappa shape index (κ3) is 2.21. The van der Waals surface area contributed by atoms with Crippen molar-refractivity contribution in [2.24, 2.45) is 0 Å². The summed E-state index contributed by atoms with van der Waals surface area (Å²) >= 11 is 0. The van der Waals surface area contributed by atoms with Gasteiger partial charge in [0.05, 0.1) is 6.10 Å². The van der Waals surface area contributed by atoms with Crippen molar-refractivity contribution in [3.8, 4) is 0 Å². The second-order valence-electron chi connectivity index (χ2n) is 5.06. The molecule has 1 aromatic carbocycles. The van der Waals surface area contributed by atoms with Crippen LogP contribution in [0.25, 0.3) is 0 Å². The van der Waals surface area contributed by atoms with E-state index in [-0.39, 0.29) is 11.8 Å². The predicted molar refractivity (Wildman–Crippen MR) is 69.9 cm³/mol. The van der Waals surface area contributed by atoms with E-state index >= 15 is 0 Å². The standard InChI is InChI=1S/C14H16N2O3/c17-12-8-15(9-12)14(19)10-3-1-4-11(7-10)16-6-2-5-13(16)18/h1,3-4,7,12,17H,2,5-6,8-9H2. The van der Waals surface area contributed by atoms with Gasteiger partial charge in [-0.05, 0) is 24.6 Å². The lowest BCUT2D eigenvalue weighted by molar-refractivity contribution is -0.117. The minimum Gasteiger partial charge on any atom is -0.389 e. The van der Waals surface area contributed by atoms with Crippen LogP contribution in [-0.2, 0) is 4.79 Å². The predicted octanol–water partition coefficient (Wildman–Crippen LogP) is 0.630. The molecule has 2 aliphatic rings. The number of benzene rings is 1. The van der Waals surface area contributed by atoms with E-state index in [0.717, 1.165) is 18.7 Å². The summed E-state index contributed by atoms with van der Waals surface area (Å²) in [6.07, 6.45) is 1.05. The van der Waals surface area contributed by atoms with E-state index < -0.39 is 6.10 Å². The van der Waals surface area contributed by atoms with Crippen LogP contribution in [0.2, 0.25) is 0 Å². The number of hydrogen-bond donors (Lipinski definition) is 1. The molecule has 0 unspecified atom stereocenters. The van der Waals surface area contributed by atoms with Gasteiger partial charge >= 0.3 is 0 Å². The molecule has 0 aliphatic carbocycles. The number of nitrogens with zero attached hydrogens (tertiary/aromatic N) is 2. The van der Waals surface area contributed by atoms with Gasteiger partial charge in [-0.3, -0.25) is 9.59 Å². The van der Waals surface area contributed by atoms with Gasteiger partial charge in [0, 0.05) is 37.3 Å². The molecule has 0 radical (unpaired) electrons. The van der Waals surface area contributed by atoms with Crippen LogP contribution in [0.15, 0.2) is 24.3 Å². The Balaban J connectivity index is 1.80. The lowest BCUT2D eigenvalue weighted by Gasteiger charge is -2.36. The van der Waals surface area contributed by atoms with Crippen LogP contribution in [0.1, 0.15) is 23.2 Å². The molecule has 0 saturated carbocycles. The summed E-state index contributed by atoms with van der Waals surface area (Å²) in [6.45, 7) is 1.51. The molecule has 0 aromatic heterocycles. The Morgan fingerprint density at radius 2 is 2.11 bits per heavy atom. The second kappa shape index (κ2) is 4.66. The van der Waals surface area contributed by atoms with E-state index in [1.807, 2.05) is 6.07 Å². The van der Waals surface area contributed by atoms with E-state index in [1.165, 1.54) is 0 Å². The van der Waals surface area contributed by atoms with Gasteiger partial charge in [0.15, 0.2) is 0 Å². The number of β-amino-alcohol motifs (C(OH)–C–C–N with tert-alkyl or cyclic N) is 1. The first kappa shape index (κ1) is 12.2. The van der Waals surface area contributed by atoms with Gasteiger partial charge in [0.2, 0.25) is 5.91 Å². The maximum atomic E-state index is 12.1. The summed E-state index contributed by atoms with van der Waals surface area (Å²) in [5.41, 5.74) is 1.36. The number of likely N-dealkylation sites (tertiary alicyclic amines) is 1. The fourth-order valence-corrected chi connectivity index (χ4v) is 2.53. The van der Waals surface area contributed by atoms with Crippen molar-refractivity contribution in [1.29, 1.82) is 0 Å². The van der Waals surface area contributed by atoms with Gasteiger partial charge < -0.3 is 14.9 Å². The molecule has 19 heavy (non-hydrogen) atoms. The Labute approximate surface area is 111 Å². The highest BCUT2D eigenvalue weighted by molar-refractivity contribution is 5.99. The van der Waals surface area contributed by atoms with Crippen molar-refractivity contribution < 1.29 is 14.7 Å². The molecule has 0 atom stereocenters. The molecule has 1 N–H and O–H groups in total. The maximum absolute atomic E-state index is 12.1. The summed E-state index contributed by atoms with van der Waals surface area (Å²) in [6, 6.07) is 7.16. The van der Waals surface area contributed by atoms with Crippen molar-refractivity contribution in [2.45, 2.75) is 18.9 Å². The number of anilines is 1. The van der Waals surface area contributed by atoms with Crippen LogP contribution in [0.3, 0.4) is 0 Å². The van der Waals surface area contributed by atoms with E-state index in [1.54, 1.807) is 28.0 Å². The Morgan fingerprint density at radius 3 is 2.74 bits per heavy atom. The molecule has 2 heterocycles. The number of carbonyl (C=O) groups is 2. The number of rotatable bonds is 2. The van der Waals surface area contributed by atoms with Gasteiger partial charge in [-0.2, -0.15) is 0 Å². The van der Waals surface area contributed by atoms with E-state index in [4.69, 9.17) is 0 Å². The van der Waals surface area contributed by atoms with E-state index in [0.29, 0.717) is 25.1 Å². The molecule has 5 nitrogen and oxygen atoms in total. The fourth-order valence-electron chi connectivity index (χ4n) is 2.53. The van der Waals surface area contributed by atoms with Gasteiger partial charge in [0.25, 0.3) is 5.91 Å². The molecule has 2 aliphatic heterocycles. The smallest absolute Gasteiger partial charge is 0.254 e. The monoisotopic (exact) mass is 260 g/mol. The van der Waals surface area contributed by atoms with Crippen molar-refractivity contribution in [2.75, 3.05) is 24.5 Å². The van der Waals surface area contributed by atoms with Gasteiger partial charge in [0.1, 0.15) is 0 Å². The number of carbonyl (C=O) groups excluding carboxylic acids is 2. The minimum atomic E-state index is -0.396. The van der Waals surface area contributed by atoms with Crippen molar-refractivity contribution in [3.63, 3.8) is 0 Å². The Bertz CT molecular complexity index is 523. The molecule has 2 saturated heterocycles. The summed E-state index contributed by atoms with van der Waals surface area (Å²) in [7, 11) is 0. The third-order valence-corrected chi connectivity index (χ3v) is 3.63. The number of amides is 2. The summed E-state index contributed by atoms with van der Waals surface area (Å²) in [5, 5.41) is 9.23. The van der Waals surface area contributed by atoms with Gasteiger partial charge in [-0.1, -0.05) is 6.07 Å². The van der Waals surface area contributed by atoms with E-state index in [2.05, 4.69) is 0 Å². The highest BCUT2D eigenvalue weighted by Gasteiger charge is 2.30. The average molecular weight is 260 g/mol. The Kier molecular flexibility index (Phi) is 2.98. The molecule has 2 amide bonds. The highest BCUT2D eigenvalue weighted by atomic mass is 16.3. The first-order valence-corrected chi connectivity index (χ1v) is 6.53. The van der Waals surface area contributed by atoms with E-state index in [9.17, 15) is 14.7 Å². The molecule has 0 bridgehead atoms. The topological polar surface area (TPSA) is 60.9 Å². The minimum absolute atomic E-state index is 0.0844. The summed E-state index contributed by atoms with van der Waals surface area (Å²) in [4.78, 5) is 27.2. The van der Waals surface area contributed by atoms with Crippen LogP contribution in [0, 0.1) is 0 Å². The molecule has 2 fully saturated rings. The van der Waals surface area contributed by atoms with Crippen molar-refractivity contribution in [1.82, 2.24) is 4.90 Å². The normalized spacial score (nSPS) is 19.7. The zero-order valence-electron chi connectivity index (χ0n) is 10.6. The number of aliphatic hydroxyl groups excluding tert-OH is 1. The molecular formula is C14H16N2O3. The van der Waals surface area contributed by atoms with Crippen LogP contribution < -0.4 is 4.90 Å². The van der Waals surface area contributed by atoms with Crippen molar-refractivity contribution >= 4 is 17.5 Å². The Morgan fingerprint density at radius 1 is 1.32 bits per heavy atom. The van der Waals surface area contributed by atoms with Crippen LogP contribution in [-0.4, -0.2) is 47.6 Å². The quantitative estimate of drug-likeness (QED) is 0.848. The second-order valence-corrected chi connectivity index (χ2v) is 5.06. The lowest BCUT2D eigenvalue weighted by Crippen LogP contribution is -2.53. The number of hydrogen-bond acceptors (Lipinski definition) is 3. The highest BCUT2D eigenvalue weighted by Crippen LogP contribution is 2.23.